The highest BCUT2D eigenvalue weighted by molar-refractivity contribution is 5.44. The number of halogens is 4. The summed E-state index contributed by atoms with van der Waals surface area (Å²) in [5.74, 6) is -5.24. The summed E-state index contributed by atoms with van der Waals surface area (Å²) >= 11 is 0. The highest BCUT2D eigenvalue weighted by atomic mass is 19.3. The first-order valence-corrected chi connectivity index (χ1v) is 11.8. The lowest BCUT2D eigenvalue weighted by molar-refractivity contribution is -0.347. The number of benzene rings is 2. The van der Waals surface area contributed by atoms with Gasteiger partial charge in [0.25, 0.3) is 5.92 Å². The van der Waals surface area contributed by atoms with Crippen molar-refractivity contribution in [1.82, 2.24) is 20.2 Å². The van der Waals surface area contributed by atoms with Crippen molar-refractivity contribution < 1.29 is 32.1 Å². The Hall–Kier alpha value is -3.05. The predicted octanol–water partition coefficient (Wildman–Crippen LogP) is 3.76. The number of ether oxygens (including phenoxy) is 2. The van der Waals surface area contributed by atoms with Crippen LogP contribution in [-0.4, -0.2) is 50.6 Å². The number of rotatable bonds is 8. The van der Waals surface area contributed by atoms with Gasteiger partial charge in [-0.15, -0.1) is 5.10 Å². The molecular formula is C25H24F4N4O3. The van der Waals surface area contributed by atoms with Gasteiger partial charge in [-0.3, -0.25) is 0 Å². The summed E-state index contributed by atoms with van der Waals surface area (Å²) in [4.78, 5) is 0. The highest BCUT2D eigenvalue weighted by Gasteiger charge is 2.82. The van der Waals surface area contributed by atoms with Gasteiger partial charge in [-0.2, -0.15) is 0 Å². The minimum absolute atomic E-state index is 0.0116. The number of aliphatic hydroxyl groups is 1. The molecule has 2 bridgehead atoms. The van der Waals surface area contributed by atoms with E-state index in [4.69, 9.17) is 9.47 Å². The van der Waals surface area contributed by atoms with Crippen LogP contribution in [0.4, 0.5) is 17.6 Å². The molecule has 1 aliphatic heterocycles. The lowest BCUT2D eigenvalue weighted by Crippen LogP contribution is -2.76. The van der Waals surface area contributed by atoms with E-state index in [1.165, 1.54) is 0 Å². The van der Waals surface area contributed by atoms with Crippen LogP contribution in [0.25, 0.3) is 0 Å². The number of tetrazole rings is 1. The summed E-state index contributed by atoms with van der Waals surface area (Å²) in [5, 5.41) is 21.9. The molecular weight excluding hydrogens is 480 g/mol. The third-order valence-electron chi connectivity index (χ3n) is 8.03. The summed E-state index contributed by atoms with van der Waals surface area (Å²) in [6, 6.07) is 9.64. The third kappa shape index (κ3) is 3.36. The van der Waals surface area contributed by atoms with Crippen molar-refractivity contribution in [2.75, 3.05) is 13.2 Å². The number of hydrogen-bond acceptors (Lipinski definition) is 6. The molecule has 7 nitrogen and oxygen atoms in total. The molecule has 7 rings (SSSR count). The van der Waals surface area contributed by atoms with Crippen molar-refractivity contribution in [1.29, 1.82) is 0 Å². The zero-order valence-electron chi connectivity index (χ0n) is 19.2. The van der Waals surface area contributed by atoms with Gasteiger partial charge in [0.1, 0.15) is 29.8 Å². The van der Waals surface area contributed by atoms with Gasteiger partial charge in [0, 0.05) is 23.5 Å². The van der Waals surface area contributed by atoms with Crippen molar-refractivity contribution >= 4 is 0 Å². The van der Waals surface area contributed by atoms with Crippen molar-refractivity contribution in [3.63, 3.8) is 0 Å². The van der Waals surface area contributed by atoms with Gasteiger partial charge in [0.2, 0.25) is 0 Å². The van der Waals surface area contributed by atoms with E-state index in [2.05, 4.69) is 15.5 Å². The number of nitrogens with zero attached hydrogens (tertiary/aromatic N) is 4. The number of alkyl halides is 2. The molecule has 2 atom stereocenters. The van der Waals surface area contributed by atoms with Gasteiger partial charge in [-0.25, -0.2) is 22.2 Å². The normalized spacial score (nSPS) is 28.8. The van der Waals surface area contributed by atoms with E-state index in [1.807, 2.05) is 24.3 Å². The van der Waals surface area contributed by atoms with Crippen LogP contribution < -0.4 is 4.74 Å². The fourth-order valence-corrected chi connectivity index (χ4v) is 6.22. The molecule has 36 heavy (non-hydrogen) atoms. The van der Waals surface area contributed by atoms with Gasteiger partial charge in [0.05, 0.1) is 19.8 Å². The van der Waals surface area contributed by atoms with Gasteiger partial charge < -0.3 is 14.6 Å². The maximum absolute atomic E-state index is 16.3. The van der Waals surface area contributed by atoms with Crippen LogP contribution in [0.1, 0.15) is 36.8 Å². The SMILES string of the molecule is O[C@@](Cn1cnnn1)(c1ccc(F)cc1F)C(F)(F)C12CC(c3ccc(O[C@H]4CCOC4)cc3)(C1)C2. The summed E-state index contributed by atoms with van der Waals surface area (Å²) in [5.41, 5.74) is -4.73. The number of hydrogen-bond donors (Lipinski definition) is 1. The lowest BCUT2D eigenvalue weighted by atomic mass is 9.30. The number of aromatic nitrogens is 4. The molecule has 3 aliphatic carbocycles. The van der Waals surface area contributed by atoms with E-state index in [0.717, 1.165) is 35.1 Å². The van der Waals surface area contributed by atoms with E-state index in [0.29, 0.717) is 25.0 Å². The van der Waals surface area contributed by atoms with Crippen LogP contribution in [0.15, 0.2) is 48.8 Å². The van der Waals surface area contributed by atoms with Gasteiger partial charge in [-0.05, 0) is 64.9 Å². The molecule has 1 saturated heterocycles. The maximum Gasteiger partial charge on any atom is 0.287 e. The predicted molar refractivity (Wildman–Crippen MR) is 117 cm³/mol. The Labute approximate surface area is 204 Å². The topological polar surface area (TPSA) is 82.3 Å². The molecule has 4 aliphatic rings. The molecule has 1 N–H and O–H groups in total. The Kier molecular flexibility index (Phi) is 5.17. The highest BCUT2D eigenvalue weighted by Crippen LogP contribution is 2.80. The van der Waals surface area contributed by atoms with Crippen LogP contribution in [0.5, 0.6) is 5.75 Å². The van der Waals surface area contributed by atoms with Crippen LogP contribution in [0.2, 0.25) is 0 Å². The smallest absolute Gasteiger partial charge is 0.287 e. The molecule has 0 radical (unpaired) electrons. The lowest BCUT2D eigenvalue weighted by Gasteiger charge is -2.74. The Balaban J connectivity index is 1.25. The molecule has 2 aromatic carbocycles. The summed E-state index contributed by atoms with van der Waals surface area (Å²) in [7, 11) is 0. The summed E-state index contributed by atoms with van der Waals surface area (Å²) in [6.07, 6.45) is 2.29. The minimum Gasteiger partial charge on any atom is -0.488 e. The van der Waals surface area contributed by atoms with E-state index in [-0.39, 0.29) is 25.4 Å². The molecule has 11 heteroatoms. The van der Waals surface area contributed by atoms with E-state index < -0.39 is 46.1 Å². The van der Waals surface area contributed by atoms with Crippen molar-refractivity contribution in [3.05, 3.63) is 71.6 Å². The Morgan fingerprint density at radius 1 is 1.11 bits per heavy atom. The monoisotopic (exact) mass is 504 g/mol. The molecule has 3 saturated carbocycles. The van der Waals surface area contributed by atoms with Gasteiger partial charge in [-0.1, -0.05) is 12.1 Å². The quantitative estimate of drug-likeness (QED) is 0.471. The molecule has 0 spiro atoms. The average molecular weight is 504 g/mol. The van der Waals surface area contributed by atoms with Crippen LogP contribution in [0.3, 0.4) is 0 Å². The Morgan fingerprint density at radius 3 is 2.47 bits per heavy atom. The Morgan fingerprint density at radius 2 is 1.86 bits per heavy atom. The molecule has 0 amide bonds. The second-order valence-corrected chi connectivity index (χ2v) is 10.3. The molecule has 3 aromatic rings. The molecule has 2 heterocycles. The first-order chi connectivity index (χ1) is 17.2. The Bertz CT molecular complexity index is 1250. The first-order valence-electron chi connectivity index (χ1n) is 11.8. The molecule has 190 valence electrons. The first kappa shape index (κ1) is 23.4. The zero-order chi connectivity index (χ0) is 25.2. The maximum atomic E-state index is 16.3. The zero-order valence-corrected chi connectivity index (χ0v) is 19.2. The van der Waals surface area contributed by atoms with Gasteiger partial charge in [0.15, 0.2) is 5.60 Å². The minimum atomic E-state index is -3.75. The van der Waals surface area contributed by atoms with E-state index in [1.54, 1.807) is 0 Å². The standard InChI is InChI=1S/C25H24F4N4O3/c26-17-3-6-20(21(27)9-17)24(34,14-33-15-30-31-32-33)25(28,29)23-11-22(12-23,13-23)16-1-4-18(5-2-16)36-19-7-8-35-10-19/h1-6,9,15,19,34H,7-8,10-14H2/t19-,22?,23?,24-/m0/s1. The van der Waals surface area contributed by atoms with Crippen molar-refractivity contribution in [3.8, 4) is 5.75 Å². The molecule has 0 unspecified atom stereocenters. The fourth-order valence-electron chi connectivity index (χ4n) is 6.22. The summed E-state index contributed by atoms with van der Waals surface area (Å²) in [6.45, 7) is 0.427. The second-order valence-electron chi connectivity index (χ2n) is 10.3. The largest absolute Gasteiger partial charge is 0.488 e. The van der Waals surface area contributed by atoms with Gasteiger partial charge >= 0.3 is 0 Å². The van der Waals surface area contributed by atoms with Crippen LogP contribution in [0, 0.1) is 17.0 Å². The molecule has 1 aromatic heterocycles. The average Bonchev–Trinajstić information content (AvgIpc) is 3.47. The van der Waals surface area contributed by atoms with E-state index >= 15 is 8.78 Å². The summed E-state index contributed by atoms with van der Waals surface area (Å²) < 4.78 is 72.9. The molecule has 4 fully saturated rings. The second kappa shape index (κ2) is 7.97. The van der Waals surface area contributed by atoms with E-state index in [9.17, 15) is 13.9 Å². The van der Waals surface area contributed by atoms with Crippen molar-refractivity contribution in [2.24, 2.45) is 5.41 Å². The van der Waals surface area contributed by atoms with Crippen molar-refractivity contribution in [2.45, 2.75) is 55.3 Å². The fraction of sp³-hybridized carbons (Fsp3) is 0.480. The third-order valence-corrected chi connectivity index (χ3v) is 8.03. The van der Waals surface area contributed by atoms with Crippen LogP contribution >= 0.6 is 0 Å². The van der Waals surface area contributed by atoms with Crippen LogP contribution in [-0.2, 0) is 22.3 Å².